The third-order valence-electron chi connectivity index (χ3n) is 6.26. The first kappa shape index (κ1) is 24.5. The van der Waals surface area contributed by atoms with Crippen molar-refractivity contribution in [1.29, 1.82) is 0 Å². The Labute approximate surface area is 197 Å². The molecule has 1 aliphatic heterocycles. The third kappa shape index (κ3) is 4.66. The zero-order chi connectivity index (χ0) is 24.3. The van der Waals surface area contributed by atoms with E-state index in [1.165, 1.54) is 0 Å². The Hall–Kier alpha value is -3.14. The lowest BCUT2D eigenvalue weighted by Crippen LogP contribution is -2.40. The average Bonchev–Trinajstić information content (AvgIpc) is 3.21. The van der Waals surface area contributed by atoms with Gasteiger partial charge in [-0.05, 0) is 53.0 Å². The number of rotatable bonds is 8. The van der Waals surface area contributed by atoms with Crippen LogP contribution in [0.15, 0.2) is 88.4 Å². The molecule has 0 saturated carbocycles. The molecule has 1 unspecified atom stereocenters. The Kier molecular flexibility index (Phi) is 7.26. The van der Waals surface area contributed by atoms with E-state index in [9.17, 15) is 9.59 Å². The molecule has 0 amide bonds. The molecule has 1 saturated heterocycles. The summed E-state index contributed by atoms with van der Waals surface area (Å²) in [5.41, 5.74) is 3.43. The smallest absolute Gasteiger partial charge is 0.200 e. The topological polar surface area (TPSA) is 52.6 Å². The predicted molar refractivity (Wildman–Crippen MR) is 132 cm³/mol. The molecule has 1 fully saturated rings. The van der Waals surface area contributed by atoms with Crippen molar-refractivity contribution >= 4 is 11.6 Å². The highest BCUT2D eigenvalue weighted by atomic mass is 16.5. The molecule has 0 bridgehead atoms. The summed E-state index contributed by atoms with van der Waals surface area (Å²) in [5, 5.41) is 0. The van der Waals surface area contributed by atoms with Gasteiger partial charge in [0.05, 0.1) is 12.5 Å². The molecule has 1 heterocycles. The van der Waals surface area contributed by atoms with Gasteiger partial charge in [0, 0.05) is 17.6 Å². The van der Waals surface area contributed by atoms with E-state index in [0.717, 1.165) is 22.3 Å². The zero-order valence-electron chi connectivity index (χ0n) is 20.6. The summed E-state index contributed by atoms with van der Waals surface area (Å²) < 4.78 is 12.2. The van der Waals surface area contributed by atoms with Crippen LogP contribution in [0, 0.1) is 5.41 Å². The number of fused-ring (bicyclic) bond motifs is 1. The van der Waals surface area contributed by atoms with Crippen molar-refractivity contribution in [3.05, 3.63) is 94.0 Å². The molecule has 0 aromatic heterocycles. The van der Waals surface area contributed by atoms with Crippen LogP contribution in [0.25, 0.3) is 0 Å². The fourth-order valence-corrected chi connectivity index (χ4v) is 4.42. The van der Waals surface area contributed by atoms with Crippen molar-refractivity contribution in [3.63, 3.8) is 0 Å². The molecule has 1 aliphatic carbocycles. The Morgan fingerprint density at radius 1 is 1.09 bits per heavy atom. The van der Waals surface area contributed by atoms with E-state index in [1.807, 2.05) is 40.7 Å². The van der Waals surface area contributed by atoms with Gasteiger partial charge in [0.15, 0.2) is 11.6 Å². The Morgan fingerprint density at radius 2 is 1.67 bits per heavy atom. The molecular weight excluding hydrogens is 412 g/mol. The summed E-state index contributed by atoms with van der Waals surface area (Å²) >= 11 is 0. The normalized spacial score (nSPS) is 19.0. The highest BCUT2D eigenvalue weighted by Gasteiger charge is 2.53. The molecule has 3 rings (SSSR count). The predicted octanol–water partition coefficient (Wildman–Crippen LogP) is 6.67. The highest BCUT2D eigenvalue weighted by Crippen LogP contribution is 2.52. The summed E-state index contributed by atoms with van der Waals surface area (Å²) in [6.45, 7) is 14.0. The van der Waals surface area contributed by atoms with Crippen molar-refractivity contribution < 1.29 is 19.1 Å². The number of carbonyl (C=O) groups excluding carboxylic acids is 2. The second-order valence-corrected chi connectivity index (χ2v) is 9.45. The largest absolute Gasteiger partial charge is 0.500 e. The lowest BCUT2D eigenvalue weighted by Gasteiger charge is -2.37. The van der Waals surface area contributed by atoms with Crippen molar-refractivity contribution in [2.45, 2.75) is 60.0 Å². The van der Waals surface area contributed by atoms with Crippen molar-refractivity contribution in [3.8, 4) is 0 Å². The Morgan fingerprint density at radius 3 is 2.15 bits per heavy atom. The van der Waals surface area contributed by atoms with Crippen molar-refractivity contribution in [2.24, 2.45) is 5.41 Å². The van der Waals surface area contributed by atoms with Gasteiger partial charge >= 0.3 is 0 Å². The number of Topliss-reactive ketones (excluding diaryl/α,β-unsaturated/α-hetero) is 2. The number of hydrogen-bond donors (Lipinski definition) is 0. The van der Waals surface area contributed by atoms with Crippen LogP contribution in [0.1, 0.15) is 64.2 Å². The molecule has 2 aliphatic rings. The lowest BCUT2D eigenvalue weighted by molar-refractivity contribution is -0.124. The van der Waals surface area contributed by atoms with Crippen LogP contribution in [0.4, 0.5) is 0 Å². The van der Waals surface area contributed by atoms with Crippen molar-refractivity contribution in [2.75, 3.05) is 7.11 Å². The summed E-state index contributed by atoms with van der Waals surface area (Å²) in [6.07, 6.45) is 5.23. The number of ketones is 2. The minimum atomic E-state index is -1.00. The van der Waals surface area contributed by atoms with Gasteiger partial charge in [0.25, 0.3) is 0 Å². The van der Waals surface area contributed by atoms with Gasteiger partial charge in [0.2, 0.25) is 0 Å². The molecular formula is C29H34O4. The Bertz CT molecular complexity index is 1070. The maximum absolute atomic E-state index is 14.3. The first-order valence-electron chi connectivity index (χ1n) is 11.4. The maximum Gasteiger partial charge on any atom is 0.200 e. The van der Waals surface area contributed by atoms with Gasteiger partial charge in [-0.15, -0.1) is 0 Å². The lowest BCUT2D eigenvalue weighted by atomic mass is 9.66. The Balaban J connectivity index is 2.32. The van der Waals surface area contributed by atoms with E-state index < -0.39 is 5.41 Å². The minimum absolute atomic E-state index is 0.116. The third-order valence-corrected chi connectivity index (χ3v) is 6.26. The van der Waals surface area contributed by atoms with Crippen LogP contribution < -0.4 is 0 Å². The van der Waals surface area contributed by atoms with E-state index >= 15 is 0 Å². The fraction of sp³-hybridized carbons (Fsp3) is 0.379. The molecule has 1 aromatic rings. The fourth-order valence-electron chi connectivity index (χ4n) is 4.42. The van der Waals surface area contributed by atoms with Crippen LogP contribution in [-0.2, 0) is 14.3 Å². The number of carbonyl (C=O) groups is 2. The van der Waals surface area contributed by atoms with Crippen LogP contribution in [-0.4, -0.2) is 24.8 Å². The first-order valence-corrected chi connectivity index (χ1v) is 11.4. The van der Waals surface area contributed by atoms with E-state index in [0.29, 0.717) is 36.3 Å². The molecule has 4 nitrogen and oxygen atoms in total. The van der Waals surface area contributed by atoms with Gasteiger partial charge in [-0.25, -0.2) is 0 Å². The highest BCUT2D eigenvalue weighted by molar-refractivity contribution is 6.29. The van der Waals surface area contributed by atoms with Crippen LogP contribution in [0.2, 0.25) is 0 Å². The summed E-state index contributed by atoms with van der Waals surface area (Å²) in [7, 11) is 1.60. The molecule has 0 spiro atoms. The molecule has 0 radical (unpaired) electrons. The molecule has 33 heavy (non-hydrogen) atoms. The number of ether oxygens (including phenoxy) is 2. The summed E-state index contributed by atoms with van der Waals surface area (Å²) in [6, 6.07) is 8.92. The van der Waals surface area contributed by atoms with E-state index in [2.05, 4.69) is 18.7 Å². The minimum Gasteiger partial charge on any atom is -0.500 e. The zero-order valence-corrected chi connectivity index (χ0v) is 20.6. The van der Waals surface area contributed by atoms with Gasteiger partial charge in [-0.1, -0.05) is 60.2 Å². The van der Waals surface area contributed by atoms with Gasteiger partial charge in [0.1, 0.15) is 23.2 Å². The van der Waals surface area contributed by atoms with Crippen molar-refractivity contribution in [1.82, 2.24) is 0 Å². The molecule has 1 aromatic carbocycles. The first-order chi connectivity index (χ1) is 15.6. The molecule has 4 heteroatoms. The quantitative estimate of drug-likeness (QED) is 0.254. The molecule has 0 N–H and O–H groups in total. The van der Waals surface area contributed by atoms with E-state index in [1.54, 1.807) is 31.4 Å². The number of benzene rings is 1. The summed E-state index contributed by atoms with van der Waals surface area (Å²) in [5.74, 6) is 0.392. The number of hydrogen-bond acceptors (Lipinski definition) is 4. The van der Waals surface area contributed by atoms with Crippen LogP contribution >= 0.6 is 0 Å². The van der Waals surface area contributed by atoms with Gasteiger partial charge in [-0.2, -0.15) is 0 Å². The average molecular weight is 447 g/mol. The number of methoxy groups -OCH3 is 1. The van der Waals surface area contributed by atoms with Gasteiger partial charge < -0.3 is 9.47 Å². The standard InChI is InChI=1S/C29H34O4/c1-18(2)13-15-29(16-14-19(3)4)27(31)24(25(30)21-11-9-8-10-12-21)26-22(28(29)32-7)17-23(33-26)20(5)6/h8-14,23H,5,15-17H2,1-4,6-7H3. The van der Waals surface area contributed by atoms with Crippen LogP contribution in [0.5, 0.6) is 0 Å². The second-order valence-electron chi connectivity index (χ2n) is 9.45. The van der Waals surface area contributed by atoms with Crippen LogP contribution in [0.3, 0.4) is 0 Å². The molecule has 1 atom stereocenters. The summed E-state index contributed by atoms with van der Waals surface area (Å²) in [4.78, 5) is 28.0. The van der Waals surface area contributed by atoms with E-state index in [-0.39, 0.29) is 23.2 Å². The van der Waals surface area contributed by atoms with E-state index in [4.69, 9.17) is 9.47 Å². The maximum atomic E-state index is 14.3. The second kappa shape index (κ2) is 9.78. The number of allylic oxidation sites excluding steroid dienone is 7. The van der Waals surface area contributed by atoms with Gasteiger partial charge in [-0.3, -0.25) is 9.59 Å². The SMILES string of the molecule is C=C(C)C1CC2=C(OC)C(CC=C(C)C)(CC=C(C)C)C(=O)C(C(=O)c3ccccc3)=C2O1. The monoisotopic (exact) mass is 446 g/mol. The molecule has 174 valence electrons.